The molecule has 0 amide bonds. The number of carboxylic acids is 1. The van der Waals surface area contributed by atoms with Crippen molar-refractivity contribution in [3.63, 3.8) is 0 Å². The number of aliphatic carboxylic acids is 1. The number of thioether (sulfide) groups is 1. The molecule has 0 fully saturated rings. The van der Waals surface area contributed by atoms with Crippen LogP contribution in [0.3, 0.4) is 0 Å². The van der Waals surface area contributed by atoms with Gasteiger partial charge in [0.15, 0.2) is 12.9 Å². The van der Waals surface area contributed by atoms with Crippen molar-refractivity contribution in [3.8, 4) is 22.5 Å². The Kier molecular flexibility index (Phi) is 6.56. The smallest absolute Gasteiger partial charge is 0.318 e. The number of nitrogens with one attached hydrogen (secondary N) is 2. The second-order valence-electron chi connectivity index (χ2n) is 6.31. The third-order valence-corrected chi connectivity index (χ3v) is 5.30. The SMILES string of the molecule is CO[N+](=O)c1cc(-c2cccc(NS(C)(=O)=O)c2)cc(-c2nc(SCC(=O)O)n[nH]2)c1. The summed E-state index contributed by atoms with van der Waals surface area (Å²) in [6.07, 6.45) is 1.05. The Morgan fingerprint density at radius 3 is 2.65 bits per heavy atom. The Balaban J connectivity index is 2.03. The molecule has 0 aliphatic carbocycles. The number of carbonyl (C=O) groups is 1. The molecule has 0 unspecified atom stereocenters. The van der Waals surface area contributed by atoms with E-state index in [1.165, 1.54) is 13.2 Å². The summed E-state index contributed by atoms with van der Waals surface area (Å²) in [6.45, 7) is 0. The molecule has 0 aliphatic heterocycles. The van der Waals surface area contributed by atoms with Gasteiger partial charge in [0.25, 0.3) is 4.92 Å². The Morgan fingerprint density at radius 2 is 1.97 bits per heavy atom. The third-order valence-electron chi connectivity index (χ3n) is 3.86. The highest BCUT2D eigenvalue weighted by molar-refractivity contribution is 7.99. The van der Waals surface area contributed by atoms with Crippen LogP contribution in [-0.2, 0) is 19.7 Å². The minimum absolute atomic E-state index is 0.174. The van der Waals surface area contributed by atoms with Crippen LogP contribution in [0.15, 0.2) is 47.6 Å². The molecule has 0 spiro atoms. The van der Waals surface area contributed by atoms with Gasteiger partial charge in [0.1, 0.15) is 0 Å². The van der Waals surface area contributed by atoms with Crippen LogP contribution in [-0.4, -0.2) is 58.7 Å². The van der Waals surface area contributed by atoms with Crippen LogP contribution >= 0.6 is 11.8 Å². The average molecular weight is 465 g/mol. The quantitative estimate of drug-likeness (QED) is 0.320. The Bertz CT molecular complexity index is 1240. The molecule has 0 aliphatic rings. The van der Waals surface area contributed by atoms with E-state index in [1.807, 2.05) is 0 Å². The van der Waals surface area contributed by atoms with Crippen molar-refractivity contribution in [1.29, 1.82) is 0 Å². The fourth-order valence-corrected chi connectivity index (χ4v) is 3.74. The van der Waals surface area contributed by atoms with Gasteiger partial charge in [-0.2, -0.15) is 0 Å². The number of aromatic amines is 1. The summed E-state index contributed by atoms with van der Waals surface area (Å²) < 4.78 is 25.5. The molecule has 0 radical (unpaired) electrons. The number of hydrogen-bond acceptors (Lipinski definition) is 8. The number of benzene rings is 2. The van der Waals surface area contributed by atoms with Gasteiger partial charge in [-0.15, -0.1) is 5.10 Å². The van der Waals surface area contributed by atoms with E-state index in [0.29, 0.717) is 33.1 Å². The summed E-state index contributed by atoms with van der Waals surface area (Å²) in [6, 6.07) is 11.5. The zero-order valence-corrected chi connectivity index (χ0v) is 18.0. The van der Waals surface area contributed by atoms with E-state index >= 15 is 0 Å². The standard InChI is InChI=1S/C18H17N5O6S2/c1-29-23(26)15-8-12(11-4-3-5-14(7-11)22-31(2,27)28)6-13(9-15)17-19-18(21-20-17)30-10-16(24)25/h3-9,22H,10H2,1-2H3,(H-,19,20,21,24,25)/p+1. The second-order valence-corrected chi connectivity index (χ2v) is 9.00. The lowest BCUT2D eigenvalue weighted by molar-refractivity contribution is -0.736. The maximum absolute atomic E-state index is 12.1. The predicted molar refractivity (Wildman–Crippen MR) is 114 cm³/mol. The van der Waals surface area contributed by atoms with E-state index in [0.717, 1.165) is 18.0 Å². The number of H-pyrrole nitrogens is 1. The monoisotopic (exact) mass is 464 g/mol. The summed E-state index contributed by atoms with van der Waals surface area (Å²) >= 11 is 0.952. The lowest BCUT2D eigenvalue weighted by Gasteiger charge is -2.08. The number of anilines is 1. The molecule has 0 bridgehead atoms. The van der Waals surface area contributed by atoms with Crippen molar-refractivity contribution in [3.05, 3.63) is 47.4 Å². The molecule has 11 nitrogen and oxygen atoms in total. The van der Waals surface area contributed by atoms with Crippen LogP contribution in [0.1, 0.15) is 0 Å². The Hall–Kier alpha value is -3.45. The van der Waals surface area contributed by atoms with E-state index in [1.54, 1.807) is 36.4 Å². The molecule has 3 rings (SSSR count). The third kappa shape index (κ3) is 6.02. The summed E-state index contributed by atoms with van der Waals surface area (Å²) in [4.78, 5) is 32.2. The first kappa shape index (κ1) is 22.2. The van der Waals surface area contributed by atoms with Crippen LogP contribution in [0.2, 0.25) is 0 Å². The van der Waals surface area contributed by atoms with Crippen LogP contribution in [0.25, 0.3) is 22.5 Å². The number of sulfonamides is 1. The van der Waals surface area contributed by atoms with E-state index in [9.17, 15) is 18.1 Å². The summed E-state index contributed by atoms with van der Waals surface area (Å²) in [5, 5.41) is 15.7. The van der Waals surface area contributed by atoms with Crippen molar-refractivity contribution in [1.82, 2.24) is 15.2 Å². The number of aromatic nitrogens is 3. The van der Waals surface area contributed by atoms with Gasteiger partial charge >= 0.3 is 11.7 Å². The first-order chi connectivity index (χ1) is 14.6. The molecular formula is C18H18N5O6S2+. The molecule has 13 heteroatoms. The Morgan fingerprint density at radius 1 is 1.23 bits per heavy atom. The molecule has 0 atom stereocenters. The molecule has 1 aromatic heterocycles. The van der Waals surface area contributed by atoms with E-state index < -0.39 is 16.0 Å². The van der Waals surface area contributed by atoms with Crippen molar-refractivity contribution < 1.29 is 28.1 Å². The molecular weight excluding hydrogens is 446 g/mol. The lowest BCUT2D eigenvalue weighted by Crippen LogP contribution is -2.09. The van der Waals surface area contributed by atoms with Crippen molar-refractivity contribution in [2.45, 2.75) is 5.16 Å². The second kappa shape index (κ2) is 9.14. The van der Waals surface area contributed by atoms with Gasteiger partial charge in [-0.05, 0) is 29.3 Å². The molecule has 0 saturated carbocycles. The molecule has 31 heavy (non-hydrogen) atoms. The van der Waals surface area contributed by atoms with E-state index in [-0.39, 0.29) is 16.6 Å². The minimum Gasteiger partial charge on any atom is -0.481 e. The number of rotatable bonds is 9. The van der Waals surface area contributed by atoms with Crippen LogP contribution in [0, 0.1) is 4.91 Å². The first-order valence-electron chi connectivity index (χ1n) is 8.66. The highest BCUT2D eigenvalue weighted by Crippen LogP contribution is 2.32. The number of nitrogens with zero attached hydrogens (tertiary/aromatic N) is 3. The molecule has 162 valence electrons. The highest BCUT2D eigenvalue weighted by atomic mass is 32.2. The van der Waals surface area contributed by atoms with Crippen molar-refractivity contribution >= 4 is 39.1 Å². The first-order valence-corrected chi connectivity index (χ1v) is 11.5. The van der Waals surface area contributed by atoms with Crippen molar-refractivity contribution in [2.24, 2.45) is 0 Å². The van der Waals surface area contributed by atoms with E-state index in [2.05, 4.69) is 19.9 Å². The van der Waals surface area contributed by atoms with Gasteiger partial charge in [-0.3, -0.25) is 14.6 Å². The van der Waals surface area contributed by atoms with Gasteiger partial charge in [0.2, 0.25) is 15.2 Å². The van der Waals surface area contributed by atoms with Gasteiger partial charge in [-0.1, -0.05) is 23.9 Å². The summed E-state index contributed by atoms with van der Waals surface area (Å²) in [5.74, 6) is -0.864. The Labute approximate surface area is 181 Å². The maximum atomic E-state index is 12.1. The lowest BCUT2D eigenvalue weighted by atomic mass is 10.0. The number of carboxylic acid groups (broad SMARTS) is 1. The van der Waals surface area contributed by atoms with Gasteiger partial charge in [0, 0.05) is 23.4 Å². The molecule has 0 saturated heterocycles. The van der Waals surface area contributed by atoms with Gasteiger partial charge in [0.05, 0.1) is 16.9 Å². The molecule has 3 N–H and O–H groups in total. The summed E-state index contributed by atoms with van der Waals surface area (Å²) in [5.41, 5.74) is 2.28. The predicted octanol–water partition coefficient (Wildman–Crippen LogP) is 2.66. The zero-order valence-electron chi connectivity index (χ0n) is 16.4. The average Bonchev–Trinajstić information content (AvgIpc) is 3.19. The van der Waals surface area contributed by atoms with Crippen molar-refractivity contribution in [2.75, 3.05) is 23.8 Å². The molecule has 2 aromatic carbocycles. The fourth-order valence-electron chi connectivity index (χ4n) is 2.67. The van der Waals surface area contributed by atoms with Gasteiger partial charge < -0.3 is 5.11 Å². The summed E-state index contributed by atoms with van der Waals surface area (Å²) in [7, 11) is -2.23. The zero-order chi connectivity index (χ0) is 22.6. The maximum Gasteiger partial charge on any atom is 0.318 e. The highest BCUT2D eigenvalue weighted by Gasteiger charge is 2.20. The van der Waals surface area contributed by atoms with Crippen LogP contribution in [0.4, 0.5) is 11.4 Å². The molecule has 1 heterocycles. The largest absolute Gasteiger partial charge is 0.481 e. The fraction of sp³-hybridized carbons (Fsp3) is 0.167. The van der Waals surface area contributed by atoms with Crippen LogP contribution in [0.5, 0.6) is 0 Å². The number of hydrogen-bond donors (Lipinski definition) is 3. The normalized spacial score (nSPS) is 11.2. The minimum atomic E-state index is -3.46. The topological polar surface area (TPSA) is 154 Å². The van der Waals surface area contributed by atoms with E-state index in [4.69, 9.17) is 9.94 Å². The van der Waals surface area contributed by atoms with Crippen LogP contribution < -0.4 is 4.72 Å². The van der Waals surface area contributed by atoms with Gasteiger partial charge in [-0.25, -0.2) is 18.2 Å². The molecule has 3 aromatic rings.